The second-order valence-electron chi connectivity index (χ2n) is 4.38. The van der Waals surface area contributed by atoms with Crippen LogP contribution in [0.4, 0.5) is 10.1 Å². The highest BCUT2D eigenvalue weighted by atomic mass is 19.1. The molecule has 1 aliphatic heterocycles. The third-order valence-corrected chi connectivity index (χ3v) is 3.10. The summed E-state index contributed by atoms with van der Waals surface area (Å²) in [5.41, 5.74) is 0.171. The van der Waals surface area contributed by atoms with Gasteiger partial charge >= 0.3 is 0 Å². The summed E-state index contributed by atoms with van der Waals surface area (Å²) >= 11 is 0. The lowest BCUT2D eigenvalue weighted by molar-refractivity contribution is -0.120. The number of nitrogens with one attached hydrogen (secondary N) is 2. The number of carbonyl (C=O) groups is 1. The highest BCUT2D eigenvalue weighted by Gasteiger charge is 2.21. The number of halogens is 1. The van der Waals surface area contributed by atoms with Crippen LogP contribution in [0.1, 0.15) is 12.8 Å². The Kier molecular flexibility index (Phi) is 4.15. The monoisotopic (exact) mass is 252 g/mol. The Labute approximate surface area is 106 Å². The Balaban J connectivity index is 2.05. The molecule has 0 aliphatic carbocycles. The van der Waals surface area contributed by atoms with Crippen molar-refractivity contribution in [2.75, 3.05) is 25.5 Å². The van der Waals surface area contributed by atoms with Gasteiger partial charge < -0.3 is 15.4 Å². The summed E-state index contributed by atoms with van der Waals surface area (Å²) in [6.45, 7) is 1.59. The van der Waals surface area contributed by atoms with Gasteiger partial charge in [0, 0.05) is 12.6 Å². The van der Waals surface area contributed by atoms with Gasteiger partial charge in [-0.1, -0.05) is 0 Å². The predicted molar refractivity (Wildman–Crippen MR) is 67.2 cm³/mol. The zero-order valence-electron chi connectivity index (χ0n) is 10.3. The SMILES string of the molecule is COc1ccc(F)c(NC(=O)[C@H]2CCCNC2)c1. The maximum absolute atomic E-state index is 13.5. The molecule has 1 amide bonds. The lowest BCUT2D eigenvalue weighted by atomic mass is 9.99. The average molecular weight is 252 g/mol. The maximum atomic E-state index is 13.5. The molecule has 0 saturated carbocycles. The number of rotatable bonds is 3. The van der Waals surface area contributed by atoms with E-state index in [9.17, 15) is 9.18 Å². The van der Waals surface area contributed by atoms with Crippen molar-refractivity contribution in [3.8, 4) is 5.75 Å². The molecule has 0 spiro atoms. The van der Waals surface area contributed by atoms with Crippen LogP contribution >= 0.6 is 0 Å². The number of piperidine rings is 1. The summed E-state index contributed by atoms with van der Waals surface area (Å²) in [6, 6.07) is 4.30. The first-order valence-electron chi connectivity index (χ1n) is 6.06. The van der Waals surface area contributed by atoms with Crippen LogP contribution < -0.4 is 15.4 Å². The summed E-state index contributed by atoms with van der Waals surface area (Å²) in [5.74, 6) is -0.167. The fraction of sp³-hybridized carbons (Fsp3) is 0.462. The van der Waals surface area contributed by atoms with Crippen LogP contribution in [0.25, 0.3) is 0 Å². The van der Waals surface area contributed by atoms with Crippen LogP contribution in [0.3, 0.4) is 0 Å². The van der Waals surface area contributed by atoms with Crippen molar-refractivity contribution in [1.29, 1.82) is 0 Å². The Hall–Kier alpha value is -1.62. The Bertz CT molecular complexity index is 431. The summed E-state index contributed by atoms with van der Waals surface area (Å²) in [7, 11) is 1.50. The third kappa shape index (κ3) is 2.98. The van der Waals surface area contributed by atoms with E-state index in [-0.39, 0.29) is 17.5 Å². The highest BCUT2D eigenvalue weighted by Crippen LogP contribution is 2.22. The number of benzene rings is 1. The highest BCUT2D eigenvalue weighted by molar-refractivity contribution is 5.93. The van der Waals surface area contributed by atoms with Gasteiger partial charge in [-0.25, -0.2) is 4.39 Å². The van der Waals surface area contributed by atoms with Crippen LogP contribution in [-0.4, -0.2) is 26.1 Å². The first-order valence-corrected chi connectivity index (χ1v) is 6.06. The lowest BCUT2D eigenvalue weighted by Gasteiger charge is -2.22. The van der Waals surface area contributed by atoms with E-state index in [2.05, 4.69) is 10.6 Å². The van der Waals surface area contributed by atoms with E-state index in [1.165, 1.54) is 25.3 Å². The van der Waals surface area contributed by atoms with Crippen molar-refractivity contribution in [3.05, 3.63) is 24.0 Å². The van der Waals surface area contributed by atoms with Crippen molar-refractivity contribution < 1.29 is 13.9 Å². The molecular weight excluding hydrogens is 235 g/mol. The second-order valence-corrected chi connectivity index (χ2v) is 4.38. The summed E-state index contributed by atoms with van der Waals surface area (Å²) in [4.78, 5) is 12.0. The van der Waals surface area contributed by atoms with E-state index >= 15 is 0 Å². The van der Waals surface area contributed by atoms with Crippen molar-refractivity contribution >= 4 is 11.6 Å². The van der Waals surface area contributed by atoms with Gasteiger partial charge in [-0.3, -0.25) is 4.79 Å². The molecule has 1 aromatic carbocycles. The van der Waals surface area contributed by atoms with E-state index in [1.54, 1.807) is 0 Å². The molecule has 0 bridgehead atoms. The van der Waals surface area contributed by atoms with Crippen LogP contribution in [-0.2, 0) is 4.79 Å². The number of amides is 1. The standard InChI is InChI=1S/C13H17FN2O2/c1-18-10-4-5-11(14)12(7-10)16-13(17)9-3-2-6-15-8-9/h4-5,7,9,15H,2-3,6,8H2,1H3,(H,16,17)/t9-/m0/s1. The molecule has 98 valence electrons. The average Bonchev–Trinajstić information content (AvgIpc) is 2.42. The van der Waals surface area contributed by atoms with Gasteiger partial charge in [-0.2, -0.15) is 0 Å². The molecule has 0 unspecified atom stereocenters. The molecule has 1 fully saturated rings. The van der Waals surface area contributed by atoms with Crippen molar-refractivity contribution in [2.24, 2.45) is 5.92 Å². The molecular formula is C13H17FN2O2. The van der Waals surface area contributed by atoms with Gasteiger partial charge in [0.2, 0.25) is 5.91 Å². The first-order chi connectivity index (χ1) is 8.70. The van der Waals surface area contributed by atoms with Crippen LogP contribution in [0, 0.1) is 11.7 Å². The van der Waals surface area contributed by atoms with Gasteiger partial charge in [0.15, 0.2) is 0 Å². The minimum Gasteiger partial charge on any atom is -0.497 e. The molecule has 4 nitrogen and oxygen atoms in total. The Morgan fingerprint density at radius 1 is 1.56 bits per heavy atom. The van der Waals surface area contributed by atoms with Gasteiger partial charge in [0.25, 0.3) is 0 Å². The van der Waals surface area contributed by atoms with Crippen LogP contribution in [0.5, 0.6) is 5.75 Å². The first kappa shape index (κ1) is 12.8. The smallest absolute Gasteiger partial charge is 0.228 e. The largest absolute Gasteiger partial charge is 0.497 e. The van der Waals surface area contributed by atoms with Crippen LogP contribution in [0.2, 0.25) is 0 Å². The van der Waals surface area contributed by atoms with E-state index in [0.717, 1.165) is 19.4 Å². The fourth-order valence-corrected chi connectivity index (χ4v) is 2.04. The predicted octanol–water partition coefficient (Wildman–Crippen LogP) is 1.77. The maximum Gasteiger partial charge on any atom is 0.228 e. The van der Waals surface area contributed by atoms with E-state index in [1.807, 2.05) is 0 Å². The number of ether oxygens (including phenoxy) is 1. The molecule has 0 radical (unpaired) electrons. The molecule has 0 aromatic heterocycles. The van der Waals surface area contributed by atoms with E-state index in [0.29, 0.717) is 12.3 Å². The molecule has 5 heteroatoms. The minimum absolute atomic E-state index is 0.0932. The van der Waals surface area contributed by atoms with Gasteiger partial charge in [-0.05, 0) is 31.5 Å². The minimum atomic E-state index is -0.451. The molecule has 1 aliphatic rings. The van der Waals surface area contributed by atoms with Gasteiger partial charge in [0.05, 0.1) is 18.7 Å². The van der Waals surface area contributed by atoms with E-state index < -0.39 is 5.82 Å². The molecule has 2 N–H and O–H groups in total. The lowest BCUT2D eigenvalue weighted by Crippen LogP contribution is -2.37. The third-order valence-electron chi connectivity index (χ3n) is 3.10. The van der Waals surface area contributed by atoms with Crippen molar-refractivity contribution in [1.82, 2.24) is 5.32 Å². The Morgan fingerprint density at radius 2 is 2.39 bits per heavy atom. The van der Waals surface area contributed by atoms with Gasteiger partial charge in [-0.15, -0.1) is 0 Å². The van der Waals surface area contributed by atoms with E-state index in [4.69, 9.17) is 4.74 Å². The van der Waals surface area contributed by atoms with Crippen molar-refractivity contribution in [2.45, 2.75) is 12.8 Å². The molecule has 1 aromatic rings. The molecule has 2 rings (SSSR count). The number of hydrogen-bond acceptors (Lipinski definition) is 3. The summed E-state index contributed by atoms with van der Waals surface area (Å²) in [6.07, 6.45) is 1.81. The number of carbonyl (C=O) groups excluding carboxylic acids is 1. The molecule has 1 heterocycles. The number of hydrogen-bond donors (Lipinski definition) is 2. The molecule has 18 heavy (non-hydrogen) atoms. The number of methoxy groups -OCH3 is 1. The molecule has 1 atom stereocenters. The van der Waals surface area contributed by atoms with Gasteiger partial charge in [0.1, 0.15) is 11.6 Å². The normalized spacial score (nSPS) is 19.3. The summed E-state index contributed by atoms with van der Waals surface area (Å²) < 4.78 is 18.6. The van der Waals surface area contributed by atoms with Crippen molar-refractivity contribution in [3.63, 3.8) is 0 Å². The quantitative estimate of drug-likeness (QED) is 0.862. The second kappa shape index (κ2) is 5.82. The van der Waals surface area contributed by atoms with Crippen LogP contribution in [0.15, 0.2) is 18.2 Å². The Morgan fingerprint density at radius 3 is 3.06 bits per heavy atom. The molecule has 1 saturated heterocycles. The zero-order valence-corrected chi connectivity index (χ0v) is 10.3. The zero-order chi connectivity index (χ0) is 13.0. The topological polar surface area (TPSA) is 50.4 Å². The fourth-order valence-electron chi connectivity index (χ4n) is 2.04. The summed E-state index contributed by atoms with van der Waals surface area (Å²) in [5, 5.41) is 5.78. The number of anilines is 1.